The summed E-state index contributed by atoms with van der Waals surface area (Å²) in [6.45, 7) is 0. The third kappa shape index (κ3) is 1.93. The van der Waals surface area contributed by atoms with Crippen LogP contribution in [0.25, 0.3) is 5.69 Å². The zero-order valence-corrected chi connectivity index (χ0v) is 9.50. The SMILES string of the molecule is N#Cc1c(C(F)F)nn(-c2ccccc2F)c1Cl. The molecule has 92 valence electrons. The maximum absolute atomic E-state index is 13.5. The van der Waals surface area contributed by atoms with Crippen molar-refractivity contribution in [3.8, 4) is 11.8 Å². The summed E-state index contributed by atoms with van der Waals surface area (Å²) in [4.78, 5) is 0. The molecule has 0 aliphatic carbocycles. The van der Waals surface area contributed by atoms with Gasteiger partial charge in [-0.1, -0.05) is 23.7 Å². The normalized spacial score (nSPS) is 10.7. The van der Waals surface area contributed by atoms with Gasteiger partial charge in [0.05, 0.1) is 0 Å². The first kappa shape index (κ1) is 12.5. The molecule has 0 atom stereocenters. The zero-order chi connectivity index (χ0) is 13.3. The van der Waals surface area contributed by atoms with E-state index in [0.29, 0.717) is 0 Å². The van der Waals surface area contributed by atoms with Crippen LogP contribution in [0, 0.1) is 17.1 Å². The fourth-order valence-corrected chi connectivity index (χ4v) is 1.72. The minimum absolute atomic E-state index is 0.0918. The lowest BCUT2D eigenvalue weighted by molar-refractivity contribution is 0.145. The molecule has 2 rings (SSSR count). The van der Waals surface area contributed by atoms with Crippen LogP contribution in [-0.4, -0.2) is 9.78 Å². The van der Waals surface area contributed by atoms with Gasteiger partial charge < -0.3 is 0 Å². The van der Waals surface area contributed by atoms with Crippen LogP contribution in [0.15, 0.2) is 24.3 Å². The van der Waals surface area contributed by atoms with Crippen LogP contribution >= 0.6 is 11.6 Å². The summed E-state index contributed by atoms with van der Waals surface area (Å²) in [5.41, 5.74) is -1.30. The van der Waals surface area contributed by atoms with Crippen molar-refractivity contribution in [3.63, 3.8) is 0 Å². The molecule has 0 saturated heterocycles. The van der Waals surface area contributed by atoms with Crippen molar-refractivity contribution in [3.05, 3.63) is 46.5 Å². The number of rotatable bonds is 2. The number of nitrogens with zero attached hydrogens (tertiary/aromatic N) is 3. The maximum Gasteiger partial charge on any atom is 0.283 e. The molecule has 0 unspecified atom stereocenters. The van der Waals surface area contributed by atoms with Crippen LogP contribution in [-0.2, 0) is 0 Å². The van der Waals surface area contributed by atoms with E-state index in [-0.39, 0.29) is 10.8 Å². The topological polar surface area (TPSA) is 41.6 Å². The van der Waals surface area contributed by atoms with Crippen LogP contribution < -0.4 is 0 Å². The molecule has 1 aromatic heterocycles. The van der Waals surface area contributed by atoms with E-state index in [1.165, 1.54) is 24.3 Å². The van der Waals surface area contributed by atoms with Crippen LogP contribution in [0.3, 0.4) is 0 Å². The van der Waals surface area contributed by atoms with Gasteiger partial charge in [0.1, 0.15) is 28.8 Å². The van der Waals surface area contributed by atoms with Gasteiger partial charge in [-0.25, -0.2) is 17.9 Å². The van der Waals surface area contributed by atoms with E-state index in [0.717, 1.165) is 10.7 Å². The lowest BCUT2D eigenvalue weighted by Gasteiger charge is -2.03. The Kier molecular flexibility index (Phi) is 3.26. The standard InChI is InChI=1S/C11H5ClF3N3/c12-10-6(5-16)9(11(14)15)17-18(10)8-4-2-1-3-7(8)13/h1-4,11H. The van der Waals surface area contributed by atoms with Crippen molar-refractivity contribution in [2.75, 3.05) is 0 Å². The highest BCUT2D eigenvalue weighted by Gasteiger charge is 2.24. The van der Waals surface area contributed by atoms with Gasteiger partial charge in [0.15, 0.2) is 5.15 Å². The van der Waals surface area contributed by atoms with Crippen molar-refractivity contribution in [1.82, 2.24) is 9.78 Å². The molecule has 1 heterocycles. The molecule has 0 spiro atoms. The molecule has 1 aromatic carbocycles. The third-order valence-electron chi connectivity index (χ3n) is 2.26. The van der Waals surface area contributed by atoms with E-state index in [9.17, 15) is 13.2 Å². The number of nitriles is 1. The minimum atomic E-state index is -2.95. The van der Waals surface area contributed by atoms with Crippen molar-refractivity contribution in [2.45, 2.75) is 6.43 Å². The molecular formula is C11H5ClF3N3. The number of hydrogen-bond donors (Lipinski definition) is 0. The number of benzene rings is 1. The van der Waals surface area contributed by atoms with Crippen LogP contribution in [0.2, 0.25) is 5.15 Å². The van der Waals surface area contributed by atoms with Gasteiger partial charge in [-0.05, 0) is 12.1 Å². The number of para-hydroxylation sites is 1. The number of hydrogen-bond acceptors (Lipinski definition) is 2. The number of halogens is 4. The molecule has 18 heavy (non-hydrogen) atoms. The monoisotopic (exact) mass is 271 g/mol. The Morgan fingerprint density at radius 1 is 1.33 bits per heavy atom. The fourth-order valence-electron chi connectivity index (χ4n) is 1.45. The largest absolute Gasteiger partial charge is 0.283 e. The molecule has 0 fully saturated rings. The second kappa shape index (κ2) is 4.70. The Hall–Kier alpha value is -2.00. The molecule has 2 aromatic rings. The van der Waals surface area contributed by atoms with Gasteiger partial charge in [0.25, 0.3) is 6.43 Å². The molecular weight excluding hydrogens is 267 g/mol. The molecule has 0 bridgehead atoms. The first-order chi connectivity index (χ1) is 8.56. The molecule has 0 N–H and O–H groups in total. The third-order valence-corrected chi connectivity index (χ3v) is 2.60. The first-order valence-electron chi connectivity index (χ1n) is 4.77. The maximum atomic E-state index is 13.5. The highest BCUT2D eigenvalue weighted by Crippen LogP contribution is 2.29. The minimum Gasteiger partial charge on any atom is -0.217 e. The lowest BCUT2D eigenvalue weighted by Crippen LogP contribution is -2.00. The van der Waals surface area contributed by atoms with Crippen LogP contribution in [0.4, 0.5) is 13.2 Å². The molecule has 0 radical (unpaired) electrons. The van der Waals surface area contributed by atoms with Crippen molar-refractivity contribution < 1.29 is 13.2 Å². The summed E-state index contributed by atoms with van der Waals surface area (Å²) < 4.78 is 39.6. The molecule has 0 aliphatic heterocycles. The Balaban J connectivity index is 2.68. The van der Waals surface area contributed by atoms with Crippen LogP contribution in [0.5, 0.6) is 0 Å². The molecule has 7 heteroatoms. The quantitative estimate of drug-likeness (QED) is 0.839. The fraction of sp³-hybridized carbons (Fsp3) is 0.0909. The highest BCUT2D eigenvalue weighted by atomic mass is 35.5. The lowest BCUT2D eigenvalue weighted by atomic mass is 10.3. The van der Waals surface area contributed by atoms with Crippen molar-refractivity contribution in [1.29, 1.82) is 5.26 Å². The van der Waals surface area contributed by atoms with E-state index in [1.54, 1.807) is 0 Å². The Morgan fingerprint density at radius 2 is 2.00 bits per heavy atom. The smallest absolute Gasteiger partial charge is 0.217 e. The molecule has 0 aliphatic rings. The summed E-state index contributed by atoms with van der Waals surface area (Å²) in [6, 6.07) is 6.95. The Bertz CT molecular complexity index is 631. The van der Waals surface area contributed by atoms with E-state index in [1.807, 2.05) is 0 Å². The van der Waals surface area contributed by atoms with Crippen molar-refractivity contribution in [2.24, 2.45) is 0 Å². The van der Waals surface area contributed by atoms with E-state index in [2.05, 4.69) is 5.10 Å². The summed E-state index contributed by atoms with van der Waals surface area (Å²) >= 11 is 5.76. The summed E-state index contributed by atoms with van der Waals surface area (Å²) in [5.74, 6) is -0.674. The van der Waals surface area contributed by atoms with Crippen LogP contribution in [0.1, 0.15) is 17.7 Å². The van der Waals surface area contributed by atoms with E-state index >= 15 is 0 Å². The van der Waals surface area contributed by atoms with Gasteiger partial charge >= 0.3 is 0 Å². The number of alkyl halides is 2. The average molecular weight is 272 g/mol. The van der Waals surface area contributed by atoms with Gasteiger partial charge in [-0.15, -0.1) is 0 Å². The second-order valence-corrected chi connectivity index (χ2v) is 3.68. The molecule has 0 amide bonds. The van der Waals surface area contributed by atoms with E-state index < -0.39 is 23.5 Å². The van der Waals surface area contributed by atoms with Gasteiger partial charge in [0.2, 0.25) is 0 Å². The number of aromatic nitrogens is 2. The molecule has 0 saturated carbocycles. The first-order valence-corrected chi connectivity index (χ1v) is 5.15. The predicted octanol–water partition coefficient (Wildman–Crippen LogP) is 3.47. The Labute approximate surface area is 105 Å². The average Bonchev–Trinajstić information content (AvgIpc) is 2.67. The van der Waals surface area contributed by atoms with E-state index in [4.69, 9.17) is 16.9 Å². The van der Waals surface area contributed by atoms with Crippen molar-refractivity contribution >= 4 is 11.6 Å². The Morgan fingerprint density at radius 3 is 2.50 bits per heavy atom. The zero-order valence-electron chi connectivity index (χ0n) is 8.74. The highest BCUT2D eigenvalue weighted by molar-refractivity contribution is 6.31. The second-order valence-electron chi connectivity index (χ2n) is 3.33. The summed E-state index contributed by atoms with van der Waals surface area (Å²) in [5, 5.41) is 11.9. The van der Waals surface area contributed by atoms with Gasteiger partial charge in [0, 0.05) is 0 Å². The summed E-state index contributed by atoms with van der Waals surface area (Å²) in [7, 11) is 0. The summed E-state index contributed by atoms with van der Waals surface area (Å²) in [6.07, 6.45) is -2.95. The predicted molar refractivity (Wildman–Crippen MR) is 58.2 cm³/mol. The molecule has 3 nitrogen and oxygen atoms in total. The van der Waals surface area contributed by atoms with Gasteiger partial charge in [-0.2, -0.15) is 10.4 Å². The van der Waals surface area contributed by atoms with Gasteiger partial charge in [-0.3, -0.25) is 0 Å².